The van der Waals surface area contributed by atoms with Crippen LogP contribution in [0.15, 0.2) is 17.2 Å². The Bertz CT molecular complexity index is 637. The molecule has 0 unspecified atom stereocenters. The third-order valence-corrected chi connectivity index (χ3v) is 5.26. The molecule has 0 atom stereocenters. The van der Waals surface area contributed by atoms with Crippen molar-refractivity contribution in [2.75, 3.05) is 18.9 Å². The van der Waals surface area contributed by atoms with Crippen molar-refractivity contribution in [3.05, 3.63) is 17.3 Å². The Labute approximate surface area is 123 Å². The molecule has 2 rings (SSSR count). The molecule has 1 aliphatic rings. The van der Waals surface area contributed by atoms with Gasteiger partial charge < -0.3 is 5.32 Å². The van der Waals surface area contributed by atoms with Gasteiger partial charge >= 0.3 is 0 Å². The number of nitrogens with one attached hydrogen (secondary N) is 1. The van der Waals surface area contributed by atoms with Gasteiger partial charge in [-0.15, -0.1) is 0 Å². The Morgan fingerprint density at radius 3 is 2.80 bits per heavy atom. The summed E-state index contributed by atoms with van der Waals surface area (Å²) in [5.74, 6) is 0.431. The van der Waals surface area contributed by atoms with E-state index in [1.165, 1.54) is 16.6 Å². The van der Waals surface area contributed by atoms with Crippen molar-refractivity contribution < 1.29 is 8.42 Å². The van der Waals surface area contributed by atoms with Crippen LogP contribution in [0.5, 0.6) is 0 Å². The molecule has 1 aliphatic carbocycles. The van der Waals surface area contributed by atoms with Gasteiger partial charge in [-0.2, -0.15) is 9.57 Å². The zero-order valence-corrected chi connectivity index (χ0v) is 12.6. The van der Waals surface area contributed by atoms with Crippen LogP contribution in [-0.2, 0) is 10.0 Å². The van der Waals surface area contributed by atoms with Crippen molar-refractivity contribution in [3.63, 3.8) is 0 Å². The molecule has 0 radical (unpaired) electrons. The van der Waals surface area contributed by atoms with Crippen LogP contribution >= 0.6 is 11.6 Å². The van der Waals surface area contributed by atoms with Gasteiger partial charge in [0.25, 0.3) is 0 Å². The van der Waals surface area contributed by atoms with Gasteiger partial charge in [-0.3, -0.25) is 0 Å². The van der Waals surface area contributed by atoms with E-state index in [0.29, 0.717) is 5.82 Å². The largest absolute Gasteiger partial charge is 0.372 e. The lowest BCUT2D eigenvalue weighted by Crippen LogP contribution is -2.34. The molecule has 0 aliphatic heterocycles. The third kappa shape index (κ3) is 3.03. The lowest BCUT2D eigenvalue weighted by atomic mass is 10.4. The molecule has 1 fully saturated rings. The molecule has 0 spiro atoms. The summed E-state index contributed by atoms with van der Waals surface area (Å²) in [7, 11) is -1.99. The number of rotatable bonds is 6. The van der Waals surface area contributed by atoms with E-state index < -0.39 is 10.0 Å². The van der Waals surface area contributed by atoms with Gasteiger partial charge in [0.2, 0.25) is 10.0 Å². The van der Waals surface area contributed by atoms with E-state index >= 15 is 0 Å². The van der Waals surface area contributed by atoms with E-state index in [4.69, 9.17) is 16.9 Å². The minimum atomic E-state index is -3.65. The Kier molecular flexibility index (Phi) is 4.48. The lowest BCUT2D eigenvalue weighted by molar-refractivity contribution is 0.410. The summed E-state index contributed by atoms with van der Waals surface area (Å²) in [6.45, 7) is 0.203. The zero-order valence-electron chi connectivity index (χ0n) is 11.0. The van der Waals surface area contributed by atoms with E-state index in [9.17, 15) is 8.42 Å². The molecular formula is C12H15ClN4O2S. The summed E-state index contributed by atoms with van der Waals surface area (Å²) in [6.07, 6.45) is 3.13. The second-order valence-electron chi connectivity index (χ2n) is 4.51. The number of anilines is 1. The van der Waals surface area contributed by atoms with Crippen molar-refractivity contribution >= 4 is 27.4 Å². The van der Waals surface area contributed by atoms with E-state index in [1.54, 1.807) is 7.05 Å². The molecule has 1 saturated carbocycles. The number of pyridine rings is 1. The molecule has 6 nitrogen and oxygen atoms in total. The lowest BCUT2D eigenvalue weighted by Gasteiger charge is -2.20. The molecule has 1 heterocycles. The van der Waals surface area contributed by atoms with Gasteiger partial charge in [0.1, 0.15) is 10.7 Å². The van der Waals surface area contributed by atoms with Crippen LogP contribution in [0.1, 0.15) is 19.3 Å². The monoisotopic (exact) mass is 314 g/mol. The standard InChI is InChI=1S/C12H15ClN4O2S/c1-15-12-11(13)7-10(8-16-12)20(18,19)17(6-2-5-14)9-3-4-9/h7-9H,2-4,6H2,1H3,(H,15,16). The van der Waals surface area contributed by atoms with Gasteiger partial charge in [0.15, 0.2) is 0 Å². The average Bonchev–Trinajstić information content (AvgIpc) is 3.23. The highest BCUT2D eigenvalue weighted by Gasteiger charge is 2.38. The van der Waals surface area contributed by atoms with Crippen LogP contribution in [0.3, 0.4) is 0 Å². The summed E-state index contributed by atoms with van der Waals surface area (Å²) in [5.41, 5.74) is 0. The SMILES string of the molecule is CNc1ncc(S(=O)(=O)N(CCC#N)C2CC2)cc1Cl. The van der Waals surface area contributed by atoms with Crippen LogP contribution in [0.2, 0.25) is 5.02 Å². The number of nitriles is 1. The smallest absolute Gasteiger partial charge is 0.244 e. The van der Waals surface area contributed by atoms with Gasteiger partial charge in [0, 0.05) is 32.3 Å². The zero-order chi connectivity index (χ0) is 14.8. The second-order valence-corrected chi connectivity index (χ2v) is 6.80. The summed E-state index contributed by atoms with van der Waals surface area (Å²) in [5, 5.41) is 11.7. The molecule has 108 valence electrons. The van der Waals surface area contributed by atoms with Crippen LogP contribution in [-0.4, -0.2) is 37.3 Å². The van der Waals surface area contributed by atoms with Crippen LogP contribution in [0, 0.1) is 11.3 Å². The quantitative estimate of drug-likeness (QED) is 0.866. The van der Waals surface area contributed by atoms with Crippen molar-refractivity contribution in [1.29, 1.82) is 5.26 Å². The number of hydrogen-bond donors (Lipinski definition) is 1. The van der Waals surface area contributed by atoms with Crippen LogP contribution < -0.4 is 5.32 Å². The molecule has 0 bridgehead atoms. The minimum absolute atomic E-state index is 0.00361. The van der Waals surface area contributed by atoms with Crippen molar-refractivity contribution in [1.82, 2.24) is 9.29 Å². The van der Waals surface area contributed by atoms with E-state index in [0.717, 1.165) is 12.8 Å². The molecule has 1 aromatic heterocycles. The predicted molar refractivity (Wildman–Crippen MR) is 75.9 cm³/mol. The number of sulfonamides is 1. The summed E-state index contributed by atoms with van der Waals surface area (Å²) in [6, 6.07) is 3.36. The Hall–Kier alpha value is -1.36. The van der Waals surface area contributed by atoms with Gasteiger partial charge in [-0.1, -0.05) is 11.6 Å². The number of halogens is 1. The summed E-state index contributed by atoms with van der Waals surface area (Å²) >= 11 is 5.98. The maximum Gasteiger partial charge on any atom is 0.244 e. The fourth-order valence-corrected chi connectivity index (χ4v) is 3.89. The third-order valence-electron chi connectivity index (χ3n) is 3.06. The molecule has 8 heteroatoms. The molecule has 0 amide bonds. The van der Waals surface area contributed by atoms with Gasteiger partial charge in [0.05, 0.1) is 11.1 Å². The molecule has 1 aromatic rings. The maximum atomic E-state index is 12.6. The van der Waals surface area contributed by atoms with Gasteiger partial charge in [-0.25, -0.2) is 13.4 Å². The first-order valence-corrected chi connectivity index (χ1v) is 8.04. The van der Waals surface area contributed by atoms with Crippen LogP contribution in [0.4, 0.5) is 5.82 Å². The van der Waals surface area contributed by atoms with Gasteiger partial charge in [-0.05, 0) is 18.9 Å². The Morgan fingerprint density at radius 2 is 2.30 bits per heavy atom. The highest BCUT2D eigenvalue weighted by molar-refractivity contribution is 7.89. The van der Waals surface area contributed by atoms with Crippen molar-refractivity contribution in [3.8, 4) is 6.07 Å². The maximum absolute atomic E-state index is 12.6. The van der Waals surface area contributed by atoms with Crippen LogP contribution in [0.25, 0.3) is 0 Å². The van der Waals surface area contributed by atoms with Crippen molar-refractivity contribution in [2.24, 2.45) is 0 Å². The summed E-state index contributed by atoms with van der Waals surface area (Å²) in [4.78, 5) is 4.05. The van der Waals surface area contributed by atoms with E-state index in [2.05, 4.69) is 10.3 Å². The first kappa shape index (κ1) is 15.0. The highest BCUT2D eigenvalue weighted by atomic mass is 35.5. The number of aromatic nitrogens is 1. The molecular weight excluding hydrogens is 300 g/mol. The molecule has 20 heavy (non-hydrogen) atoms. The summed E-state index contributed by atoms with van der Waals surface area (Å²) < 4.78 is 26.5. The first-order valence-electron chi connectivity index (χ1n) is 6.22. The van der Waals surface area contributed by atoms with E-state index in [1.807, 2.05) is 6.07 Å². The molecule has 0 aromatic carbocycles. The highest BCUT2D eigenvalue weighted by Crippen LogP contribution is 2.33. The minimum Gasteiger partial charge on any atom is -0.372 e. The Balaban J connectivity index is 2.32. The second kappa shape index (κ2) is 5.95. The number of nitrogens with zero attached hydrogens (tertiary/aromatic N) is 3. The molecule has 0 saturated heterocycles. The van der Waals surface area contributed by atoms with E-state index in [-0.39, 0.29) is 28.9 Å². The first-order chi connectivity index (χ1) is 9.50. The fourth-order valence-electron chi connectivity index (χ4n) is 1.90. The molecule has 1 N–H and O–H groups in total. The Morgan fingerprint density at radius 1 is 1.60 bits per heavy atom. The van der Waals surface area contributed by atoms with Crippen molar-refractivity contribution in [2.45, 2.75) is 30.2 Å². The topological polar surface area (TPSA) is 86.1 Å². The fraction of sp³-hybridized carbons (Fsp3) is 0.500. The number of hydrogen-bond acceptors (Lipinski definition) is 5. The average molecular weight is 315 g/mol. The predicted octanol–water partition coefficient (Wildman–Crippen LogP) is 1.84. The normalized spacial score (nSPS) is 15.1.